The van der Waals surface area contributed by atoms with Gasteiger partial charge in [-0.3, -0.25) is 4.79 Å². The maximum absolute atomic E-state index is 9.82. The van der Waals surface area contributed by atoms with Crippen LogP contribution in [0.3, 0.4) is 0 Å². The lowest BCUT2D eigenvalue weighted by Gasteiger charge is -1.89. The quantitative estimate of drug-likeness (QED) is 0.507. The van der Waals surface area contributed by atoms with Gasteiger partial charge >= 0.3 is 5.97 Å². The van der Waals surface area contributed by atoms with Crippen LogP contribution in [-0.2, 0) is 9.53 Å². The fourth-order valence-corrected chi connectivity index (χ4v) is 0.588. The van der Waals surface area contributed by atoms with Gasteiger partial charge in [-0.1, -0.05) is 36.4 Å². The van der Waals surface area contributed by atoms with E-state index < -0.39 is 0 Å². The molecule has 0 aliphatic carbocycles. The van der Waals surface area contributed by atoms with Gasteiger partial charge in [-0.25, -0.2) is 0 Å². The molecule has 0 aromatic heterocycles. The van der Waals surface area contributed by atoms with Crippen LogP contribution in [0.4, 0.5) is 0 Å². The Balaban J connectivity index is 0. The lowest BCUT2D eigenvalue weighted by atomic mass is 10.4. The molecule has 4 heteroatoms. The zero-order valence-electron chi connectivity index (χ0n) is 8.38. The molecule has 76 valence electrons. The summed E-state index contributed by atoms with van der Waals surface area (Å²) in [7, 11) is 0. The molecule has 0 aliphatic rings. The van der Waals surface area contributed by atoms with Crippen LogP contribution in [0.5, 0.6) is 0 Å². The Morgan fingerprint density at radius 3 is 1.43 bits per heavy atom. The van der Waals surface area contributed by atoms with E-state index in [2.05, 4.69) is 4.74 Å². The van der Waals surface area contributed by atoms with E-state index in [1.807, 2.05) is 36.4 Å². The molecular formula is C10H14N2O2. The van der Waals surface area contributed by atoms with Gasteiger partial charge in [-0.15, -0.1) is 0 Å². The maximum atomic E-state index is 9.82. The fraction of sp³-hybridized carbons (Fsp3) is 0.300. The highest BCUT2D eigenvalue weighted by Gasteiger charge is 1.81. The molecule has 1 rings (SSSR count). The Bertz CT molecular complexity index is 208. The first-order chi connectivity index (χ1) is 6.77. The van der Waals surface area contributed by atoms with Crippen LogP contribution in [0.15, 0.2) is 36.4 Å². The summed E-state index contributed by atoms with van der Waals surface area (Å²) in [6.45, 7) is 3.65. The van der Waals surface area contributed by atoms with E-state index in [9.17, 15) is 4.79 Å². The van der Waals surface area contributed by atoms with Crippen molar-refractivity contribution < 1.29 is 9.53 Å². The highest BCUT2D eigenvalue weighted by Crippen LogP contribution is 1.79. The van der Waals surface area contributed by atoms with E-state index >= 15 is 0 Å². The smallest absolute Gasteiger partial charge is 0.302 e. The van der Waals surface area contributed by atoms with Gasteiger partial charge in [-0.05, 0) is 6.92 Å². The second kappa shape index (κ2) is 13.7. The maximum Gasteiger partial charge on any atom is 0.302 e. The molecule has 4 nitrogen and oxygen atoms in total. The van der Waals surface area contributed by atoms with Gasteiger partial charge < -0.3 is 4.74 Å². The van der Waals surface area contributed by atoms with Crippen LogP contribution in [0.25, 0.3) is 0 Å². The molecular weight excluding hydrogens is 180 g/mol. The molecule has 0 fully saturated rings. The largest absolute Gasteiger partial charge is 0.466 e. The molecule has 0 heterocycles. The zero-order valence-corrected chi connectivity index (χ0v) is 8.38. The number of hydrogen-bond donors (Lipinski definition) is 0. The van der Waals surface area contributed by atoms with E-state index in [4.69, 9.17) is 10.8 Å². The Morgan fingerprint density at radius 2 is 1.36 bits per heavy atom. The third-order valence-corrected chi connectivity index (χ3v) is 1.01. The topological polar surface area (TPSA) is 73.9 Å². The predicted molar refractivity (Wildman–Crippen MR) is 52.2 cm³/mol. The number of hydrogen-bond acceptors (Lipinski definition) is 4. The summed E-state index contributed by atoms with van der Waals surface area (Å²) < 4.78 is 4.40. The normalized spacial score (nSPS) is 6.86. The molecule has 0 saturated heterocycles. The molecule has 1 aromatic rings. The van der Waals surface area contributed by atoms with Gasteiger partial charge in [-0.2, -0.15) is 0 Å². The molecule has 14 heavy (non-hydrogen) atoms. The van der Waals surface area contributed by atoms with E-state index in [1.54, 1.807) is 6.92 Å². The summed E-state index contributed by atoms with van der Waals surface area (Å²) in [5.74, 6) is -0.211. The third-order valence-electron chi connectivity index (χ3n) is 1.01. The standard InChI is InChI=1S/C6H6.C4H8O2.N2/c1-2-4-6-5-3-1;1-3-6-4(2)5;1-2/h1-6H;3H2,1-2H3;. The first kappa shape index (κ1) is 14.6. The fourth-order valence-electron chi connectivity index (χ4n) is 0.588. The summed E-state index contributed by atoms with van der Waals surface area (Å²) in [6, 6.07) is 12.0. The van der Waals surface area contributed by atoms with Crippen molar-refractivity contribution in [2.24, 2.45) is 0 Å². The van der Waals surface area contributed by atoms with Crippen molar-refractivity contribution in [1.29, 1.82) is 10.8 Å². The van der Waals surface area contributed by atoms with Crippen molar-refractivity contribution in [3.63, 3.8) is 0 Å². The number of benzene rings is 1. The molecule has 0 amide bonds. The highest BCUT2D eigenvalue weighted by atomic mass is 16.5. The number of ether oxygens (including phenoxy) is 1. The average molecular weight is 194 g/mol. The van der Waals surface area contributed by atoms with E-state index in [-0.39, 0.29) is 5.97 Å². The first-order valence-electron chi connectivity index (χ1n) is 4.10. The molecule has 0 spiro atoms. The van der Waals surface area contributed by atoms with Crippen LogP contribution >= 0.6 is 0 Å². The van der Waals surface area contributed by atoms with Gasteiger partial charge in [0.2, 0.25) is 0 Å². The molecule has 1 aromatic carbocycles. The number of nitrogens with zero attached hydrogens (tertiary/aromatic N) is 2. The minimum Gasteiger partial charge on any atom is -0.466 e. The summed E-state index contributed by atoms with van der Waals surface area (Å²) in [4.78, 5) is 9.82. The third kappa shape index (κ3) is 16.6. The van der Waals surface area contributed by atoms with Crippen LogP contribution < -0.4 is 0 Å². The summed E-state index contributed by atoms with van der Waals surface area (Å²) in [6.07, 6.45) is 0. The van der Waals surface area contributed by atoms with Gasteiger partial charge in [0, 0.05) is 17.7 Å². The Morgan fingerprint density at radius 1 is 1.07 bits per heavy atom. The summed E-state index contributed by atoms with van der Waals surface area (Å²) >= 11 is 0. The van der Waals surface area contributed by atoms with Crippen molar-refractivity contribution in [3.05, 3.63) is 36.4 Å². The van der Waals surface area contributed by atoms with Crippen LogP contribution in [0.1, 0.15) is 13.8 Å². The van der Waals surface area contributed by atoms with Crippen molar-refractivity contribution in [2.75, 3.05) is 6.61 Å². The SMILES string of the molecule is CCOC(C)=O.N#N.c1ccccc1. The van der Waals surface area contributed by atoms with Crippen molar-refractivity contribution in [2.45, 2.75) is 13.8 Å². The van der Waals surface area contributed by atoms with Crippen molar-refractivity contribution >= 4 is 5.97 Å². The minimum absolute atomic E-state index is 0.211. The van der Waals surface area contributed by atoms with Gasteiger partial charge in [0.1, 0.15) is 0 Å². The predicted octanol–water partition coefficient (Wildman–Crippen LogP) is 2.29. The number of rotatable bonds is 1. The van der Waals surface area contributed by atoms with Gasteiger partial charge in [0.15, 0.2) is 0 Å². The monoisotopic (exact) mass is 194 g/mol. The van der Waals surface area contributed by atoms with Crippen LogP contribution in [-0.4, -0.2) is 12.6 Å². The number of esters is 1. The second-order valence-electron chi connectivity index (χ2n) is 2.08. The molecule has 0 aliphatic heterocycles. The van der Waals surface area contributed by atoms with Crippen molar-refractivity contribution in [3.8, 4) is 0 Å². The molecule has 0 atom stereocenters. The number of carbonyl (C=O) groups excluding carboxylic acids is 1. The van der Waals surface area contributed by atoms with E-state index in [0.29, 0.717) is 6.61 Å². The van der Waals surface area contributed by atoms with Crippen LogP contribution in [0, 0.1) is 10.8 Å². The average Bonchev–Trinajstić information content (AvgIpc) is 2.24. The van der Waals surface area contributed by atoms with Gasteiger partial charge in [0.05, 0.1) is 6.61 Å². The summed E-state index contributed by atoms with van der Waals surface area (Å²) in [5.41, 5.74) is 0. The van der Waals surface area contributed by atoms with Crippen molar-refractivity contribution in [1.82, 2.24) is 0 Å². The van der Waals surface area contributed by atoms with E-state index in [0.717, 1.165) is 0 Å². The Labute approximate surface area is 83.9 Å². The zero-order chi connectivity index (χ0) is 11.2. The van der Waals surface area contributed by atoms with E-state index in [1.165, 1.54) is 6.92 Å². The highest BCUT2D eigenvalue weighted by molar-refractivity contribution is 5.65. The molecule has 0 unspecified atom stereocenters. The first-order valence-corrected chi connectivity index (χ1v) is 4.10. The Hall–Kier alpha value is -1.89. The summed E-state index contributed by atoms with van der Waals surface area (Å²) in [5, 5.41) is 12.0. The molecule has 0 N–H and O–H groups in total. The molecule has 0 saturated carbocycles. The molecule has 0 bridgehead atoms. The minimum atomic E-state index is -0.211. The number of carbonyl (C=O) groups is 1. The lowest BCUT2D eigenvalue weighted by molar-refractivity contribution is -0.140. The second-order valence-corrected chi connectivity index (χ2v) is 2.08. The Kier molecular flexibility index (Phi) is 14.3. The lowest BCUT2D eigenvalue weighted by Crippen LogP contribution is -1.95. The van der Waals surface area contributed by atoms with Crippen LogP contribution in [0.2, 0.25) is 0 Å². The van der Waals surface area contributed by atoms with Gasteiger partial charge in [0.25, 0.3) is 0 Å². The molecule has 0 radical (unpaired) electrons.